The SMILES string of the molecule is COC(=O)c1cccc(NC(=O)C2CC(=O)N(c3ccc(C)c(C)c3)C2)c1. The van der Waals surface area contributed by atoms with Crippen LogP contribution in [0.1, 0.15) is 27.9 Å². The van der Waals surface area contributed by atoms with E-state index in [2.05, 4.69) is 10.1 Å². The Kier molecular flexibility index (Phi) is 5.26. The van der Waals surface area contributed by atoms with Crippen LogP contribution < -0.4 is 10.2 Å². The quantitative estimate of drug-likeness (QED) is 0.844. The summed E-state index contributed by atoms with van der Waals surface area (Å²) in [6.45, 7) is 4.35. The lowest BCUT2D eigenvalue weighted by Gasteiger charge is -2.18. The standard InChI is InChI=1S/C21H22N2O4/c1-13-7-8-18(9-14(13)2)23-12-16(11-19(23)24)20(25)22-17-6-4-5-15(10-17)21(26)27-3/h4-10,16H,11-12H2,1-3H3,(H,22,25). The van der Waals surface area contributed by atoms with Gasteiger partial charge in [0.1, 0.15) is 0 Å². The zero-order chi connectivity index (χ0) is 19.6. The highest BCUT2D eigenvalue weighted by atomic mass is 16.5. The molecule has 0 saturated carbocycles. The molecule has 2 aromatic carbocycles. The molecule has 1 aliphatic rings. The molecule has 1 saturated heterocycles. The molecule has 1 unspecified atom stereocenters. The van der Waals surface area contributed by atoms with Gasteiger partial charge in [-0.15, -0.1) is 0 Å². The van der Waals surface area contributed by atoms with Crippen molar-refractivity contribution in [2.75, 3.05) is 23.9 Å². The van der Waals surface area contributed by atoms with Crippen LogP contribution in [-0.2, 0) is 14.3 Å². The molecule has 0 radical (unpaired) electrons. The molecule has 27 heavy (non-hydrogen) atoms. The van der Waals surface area contributed by atoms with E-state index in [0.717, 1.165) is 16.8 Å². The summed E-state index contributed by atoms with van der Waals surface area (Å²) < 4.78 is 4.69. The van der Waals surface area contributed by atoms with Crippen LogP contribution in [0.25, 0.3) is 0 Å². The molecule has 6 nitrogen and oxygen atoms in total. The monoisotopic (exact) mass is 366 g/mol. The Labute approximate surface area is 158 Å². The second-order valence-corrected chi connectivity index (χ2v) is 6.74. The predicted octanol–water partition coefficient (Wildman–Crippen LogP) is 3.08. The van der Waals surface area contributed by atoms with Crippen molar-refractivity contribution in [2.45, 2.75) is 20.3 Å². The largest absolute Gasteiger partial charge is 0.465 e. The lowest BCUT2D eigenvalue weighted by atomic mass is 10.1. The molecule has 1 aliphatic heterocycles. The van der Waals surface area contributed by atoms with Gasteiger partial charge in [0.05, 0.1) is 18.6 Å². The summed E-state index contributed by atoms with van der Waals surface area (Å²) in [6.07, 6.45) is 0.162. The average Bonchev–Trinajstić information content (AvgIpc) is 3.05. The van der Waals surface area contributed by atoms with E-state index in [4.69, 9.17) is 0 Å². The molecule has 3 rings (SSSR count). The van der Waals surface area contributed by atoms with Gasteiger partial charge in [0.2, 0.25) is 11.8 Å². The molecule has 0 aromatic heterocycles. The topological polar surface area (TPSA) is 75.7 Å². The molecule has 140 valence electrons. The number of ether oxygens (including phenoxy) is 1. The fourth-order valence-electron chi connectivity index (χ4n) is 3.11. The summed E-state index contributed by atoms with van der Waals surface area (Å²) >= 11 is 0. The first-order chi connectivity index (χ1) is 12.9. The number of amides is 2. The Morgan fingerprint density at radius 2 is 1.89 bits per heavy atom. The van der Waals surface area contributed by atoms with Crippen LogP contribution in [-0.4, -0.2) is 31.4 Å². The van der Waals surface area contributed by atoms with E-state index in [0.29, 0.717) is 17.8 Å². The highest BCUT2D eigenvalue weighted by Crippen LogP contribution is 2.27. The van der Waals surface area contributed by atoms with Crippen LogP contribution in [0.15, 0.2) is 42.5 Å². The molecule has 0 bridgehead atoms. The zero-order valence-corrected chi connectivity index (χ0v) is 15.6. The second kappa shape index (κ2) is 7.61. The first-order valence-corrected chi connectivity index (χ1v) is 8.76. The van der Waals surface area contributed by atoms with E-state index in [1.807, 2.05) is 32.0 Å². The van der Waals surface area contributed by atoms with Gasteiger partial charge in [-0.05, 0) is 55.3 Å². The molecule has 1 atom stereocenters. The van der Waals surface area contributed by atoms with Gasteiger partial charge in [-0.1, -0.05) is 12.1 Å². The fraction of sp³-hybridized carbons (Fsp3) is 0.286. The molecule has 1 heterocycles. The third-order valence-corrected chi connectivity index (χ3v) is 4.85. The fourth-order valence-corrected chi connectivity index (χ4v) is 3.11. The van der Waals surface area contributed by atoms with Crippen LogP contribution in [0.4, 0.5) is 11.4 Å². The molecule has 6 heteroatoms. The minimum atomic E-state index is -0.469. The van der Waals surface area contributed by atoms with Crippen LogP contribution in [0.5, 0.6) is 0 Å². The number of rotatable bonds is 4. The van der Waals surface area contributed by atoms with Crippen LogP contribution in [0.2, 0.25) is 0 Å². The number of nitrogens with one attached hydrogen (secondary N) is 1. The van der Waals surface area contributed by atoms with Gasteiger partial charge in [-0.2, -0.15) is 0 Å². The Morgan fingerprint density at radius 1 is 1.11 bits per heavy atom. The molecule has 0 spiro atoms. The normalized spacial score (nSPS) is 16.3. The van der Waals surface area contributed by atoms with Gasteiger partial charge in [-0.3, -0.25) is 9.59 Å². The zero-order valence-electron chi connectivity index (χ0n) is 15.6. The van der Waals surface area contributed by atoms with E-state index >= 15 is 0 Å². The third-order valence-electron chi connectivity index (χ3n) is 4.85. The second-order valence-electron chi connectivity index (χ2n) is 6.74. The number of aryl methyl sites for hydroxylation is 2. The van der Waals surface area contributed by atoms with Crippen molar-refractivity contribution in [3.63, 3.8) is 0 Å². The lowest BCUT2D eigenvalue weighted by Crippen LogP contribution is -2.28. The number of benzene rings is 2. The Balaban J connectivity index is 1.70. The summed E-state index contributed by atoms with van der Waals surface area (Å²) in [7, 11) is 1.30. The number of hydrogen-bond acceptors (Lipinski definition) is 4. The summed E-state index contributed by atoms with van der Waals surface area (Å²) in [6, 6.07) is 12.4. The molecule has 0 aliphatic carbocycles. The van der Waals surface area contributed by atoms with Crippen molar-refractivity contribution in [1.82, 2.24) is 0 Å². The molecular weight excluding hydrogens is 344 g/mol. The maximum absolute atomic E-state index is 12.6. The molecule has 1 fully saturated rings. The summed E-state index contributed by atoms with van der Waals surface area (Å²) in [5, 5.41) is 2.79. The van der Waals surface area contributed by atoms with Crippen LogP contribution in [0.3, 0.4) is 0 Å². The highest BCUT2D eigenvalue weighted by molar-refractivity contribution is 6.04. The minimum Gasteiger partial charge on any atom is -0.465 e. The Bertz CT molecular complexity index is 907. The number of anilines is 2. The minimum absolute atomic E-state index is 0.0679. The lowest BCUT2D eigenvalue weighted by molar-refractivity contribution is -0.122. The number of esters is 1. The van der Waals surface area contributed by atoms with E-state index in [1.165, 1.54) is 7.11 Å². The summed E-state index contributed by atoms with van der Waals surface area (Å²) in [5.74, 6) is -1.22. The van der Waals surface area contributed by atoms with E-state index in [1.54, 1.807) is 29.2 Å². The Morgan fingerprint density at radius 3 is 2.59 bits per heavy atom. The smallest absolute Gasteiger partial charge is 0.337 e. The van der Waals surface area contributed by atoms with Crippen molar-refractivity contribution < 1.29 is 19.1 Å². The number of carbonyl (C=O) groups excluding carboxylic acids is 3. The number of methoxy groups -OCH3 is 1. The average molecular weight is 366 g/mol. The molecule has 2 aromatic rings. The van der Waals surface area contributed by atoms with Crippen molar-refractivity contribution in [1.29, 1.82) is 0 Å². The first-order valence-electron chi connectivity index (χ1n) is 8.76. The molecular formula is C21H22N2O4. The molecule has 1 N–H and O–H groups in total. The van der Waals surface area contributed by atoms with Gasteiger partial charge >= 0.3 is 5.97 Å². The van der Waals surface area contributed by atoms with Crippen molar-refractivity contribution in [3.05, 3.63) is 59.2 Å². The summed E-state index contributed by atoms with van der Waals surface area (Å²) in [4.78, 5) is 38.3. The van der Waals surface area contributed by atoms with E-state index < -0.39 is 11.9 Å². The number of carbonyl (C=O) groups is 3. The maximum Gasteiger partial charge on any atom is 0.337 e. The summed E-state index contributed by atoms with van der Waals surface area (Å²) in [5.41, 5.74) is 3.93. The first kappa shape index (κ1) is 18.6. The maximum atomic E-state index is 12.6. The van der Waals surface area contributed by atoms with Crippen LogP contribution in [0, 0.1) is 19.8 Å². The van der Waals surface area contributed by atoms with Crippen LogP contribution >= 0.6 is 0 Å². The van der Waals surface area contributed by atoms with Gasteiger partial charge in [0.25, 0.3) is 0 Å². The van der Waals surface area contributed by atoms with Gasteiger partial charge < -0.3 is 15.0 Å². The van der Waals surface area contributed by atoms with E-state index in [-0.39, 0.29) is 18.2 Å². The van der Waals surface area contributed by atoms with Gasteiger partial charge in [-0.25, -0.2) is 4.79 Å². The van der Waals surface area contributed by atoms with Gasteiger partial charge in [0.15, 0.2) is 0 Å². The van der Waals surface area contributed by atoms with Gasteiger partial charge in [0, 0.05) is 24.3 Å². The van der Waals surface area contributed by atoms with Crippen molar-refractivity contribution in [3.8, 4) is 0 Å². The Hall–Kier alpha value is -3.15. The predicted molar refractivity (Wildman–Crippen MR) is 103 cm³/mol. The number of nitrogens with zero attached hydrogens (tertiary/aromatic N) is 1. The van der Waals surface area contributed by atoms with E-state index in [9.17, 15) is 14.4 Å². The third kappa shape index (κ3) is 4.00. The van der Waals surface area contributed by atoms with Crippen molar-refractivity contribution in [2.24, 2.45) is 5.92 Å². The number of hydrogen-bond donors (Lipinski definition) is 1. The molecule has 2 amide bonds. The highest BCUT2D eigenvalue weighted by Gasteiger charge is 2.35. The van der Waals surface area contributed by atoms with Crippen molar-refractivity contribution >= 4 is 29.2 Å².